The molecule has 0 spiro atoms. The molecule has 0 atom stereocenters. The molecule has 2 aliphatic heterocycles. The van der Waals surface area contributed by atoms with Crippen molar-refractivity contribution in [3.05, 3.63) is 48.5 Å². The molecule has 1 aromatic carbocycles. The Kier molecular flexibility index (Phi) is 8.12. The molecule has 0 bridgehead atoms. The van der Waals surface area contributed by atoms with Gasteiger partial charge in [0.05, 0.1) is 6.33 Å². The number of para-hydroxylation sites is 1. The van der Waals surface area contributed by atoms with Crippen molar-refractivity contribution in [2.24, 2.45) is 0 Å². The van der Waals surface area contributed by atoms with E-state index in [2.05, 4.69) is 9.88 Å². The molecule has 0 unspecified atom stereocenters. The lowest BCUT2D eigenvalue weighted by molar-refractivity contribution is -0.132. The zero-order valence-corrected chi connectivity index (χ0v) is 19.6. The van der Waals surface area contributed by atoms with Crippen molar-refractivity contribution >= 4 is 17.5 Å². The number of aromatic nitrogens is 2. The third kappa shape index (κ3) is 6.21. The van der Waals surface area contributed by atoms with E-state index >= 15 is 0 Å². The van der Waals surface area contributed by atoms with Crippen LogP contribution in [-0.2, 0) is 27.4 Å². The SMILES string of the molecule is CC(=O)N1CCCN(C2CCOCC2)CCCN(C(=O)Cn2ccnc2)Cc2ccccc21. The van der Waals surface area contributed by atoms with Crippen LogP contribution < -0.4 is 4.90 Å². The van der Waals surface area contributed by atoms with Crippen LogP contribution in [0.1, 0.15) is 38.2 Å². The number of hydrogen-bond donors (Lipinski definition) is 0. The monoisotopic (exact) mass is 453 g/mol. The predicted octanol–water partition coefficient (Wildman–Crippen LogP) is 2.54. The van der Waals surface area contributed by atoms with Crippen molar-refractivity contribution in [1.29, 1.82) is 0 Å². The molecule has 33 heavy (non-hydrogen) atoms. The first-order valence-corrected chi connectivity index (χ1v) is 12.0. The van der Waals surface area contributed by atoms with Gasteiger partial charge in [0.2, 0.25) is 11.8 Å². The van der Waals surface area contributed by atoms with E-state index in [1.165, 1.54) is 0 Å². The second kappa shape index (κ2) is 11.4. The summed E-state index contributed by atoms with van der Waals surface area (Å²) in [5.74, 6) is 0.0975. The average molecular weight is 454 g/mol. The fourth-order valence-corrected chi connectivity index (χ4v) is 4.91. The van der Waals surface area contributed by atoms with Gasteiger partial charge in [-0.15, -0.1) is 0 Å². The maximum atomic E-state index is 13.3. The van der Waals surface area contributed by atoms with E-state index in [1.54, 1.807) is 24.0 Å². The number of carbonyl (C=O) groups is 2. The van der Waals surface area contributed by atoms with Gasteiger partial charge >= 0.3 is 0 Å². The summed E-state index contributed by atoms with van der Waals surface area (Å²) in [4.78, 5) is 36.3. The summed E-state index contributed by atoms with van der Waals surface area (Å²) < 4.78 is 7.38. The van der Waals surface area contributed by atoms with E-state index in [0.29, 0.717) is 25.7 Å². The second-order valence-electron chi connectivity index (χ2n) is 8.94. The second-order valence-corrected chi connectivity index (χ2v) is 8.94. The number of fused-ring (bicyclic) bond motifs is 1. The zero-order valence-electron chi connectivity index (χ0n) is 19.6. The molecular formula is C25H35N5O3. The van der Waals surface area contributed by atoms with Gasteiger partial charge in [-0.05, 0) is 37.3 Å². The number of benzene rings is 1. The van der Waals surface area contributed by atoms with E-state index in [4.69, 9.17) is 4.74 Å². The van der Waals surface area contributed by atoms with Crippen molar-refractivity contribution in [3.63, 3.8) is 0 Å². The highest BCUT2D eigenvalue weighted by Crippen LogP contribution is 2.24. The number of imidazole rings is 1. The molecule has 0 saturated carbocycles. The van der Waals surface area contributed by atoms with Crippen LogP contribution in [-0.4, -0.2) is 76.6 Å². The van der Waals surface area contributed by atoms with Crippen LogP contribution in [0.15, 0.2) is 43.0 Å². The van der Waals surface area contributed by atoms with Crippen LogP contribution in [0.3, 0.4) is 0 Å². The predicted molar refractivity (Wildman–Crippen MR) is 127 cm³/mol. The molecule has 4 rings (SSSR count). The van der Waals surface area contributed by atoms with Crippen molar-refractivity contribution < 1.29 is 14.3 Å². The Balaban J connectivity index is 1.58. The summed E-state index contributed by atoms with van der Waals surface area (Å²) in [6, 6.07) is 8.48. The molecule has 0 N–H and O–H groups in total. The van der Waals surface area contributed by atoms with Gasteiger partial charge in [-0.25, -0.2) is 4.98 Å². The minimum Gasteiger partial charge on any atom is -0.381 e. The van der Waals surface area contributed by atoms with Gasteiger partial charge in [-0.3, -0.25) is 9.59 Å². The first-order chi connectivity index (χ1) is 16.1. The van der Waals surface area contributed by atoms with Crippen LogP contribution in [0.2, 0.25) is 0 Å². The van der Waals surface area contributed by atoms with E-state index in [1.807, 2.05) is 40.3 Å². The van der Waals surface area contributed by atoms with Gasteiger partial charge in [0, 0.05) is 77.0 Å². The molecule has 1 saturated heterocycles. The largest absolute Gasteiger partial charge is 0.381 e. The Hall–Kier alpha value is -2.71. The fourth-order valence-electron chi connectivity index (χ4n) is 4.91. The average Bonchev–Trinajstić information content (AvgIpc) is 3.33. The van der Waals surface area contributed by atoms with E-state index in [-0.39, 0.29) is 18.4 Å². The van der Waals surface area contributed by atoms with Gasteiger partial charge in [0.15, 0.2) is 0 Å². The minimum absolute atomic E-state index is 0.0356. The lowest BCUT2D eigenvalue weighted by Crippen LogP contribution is -2.44. The van der Waals surface area contributed by atoms with Crippen molar-refractivity contribution in [1.82, 2.24) is 19.4 Å². The Morgan fingerprint density at radius 1 is 1.06 bits per heavy atom. The number of ether oxygens (including phenoxy) is 1. The molecular weight excluding hydrogens is 418 g/mol. The van der Waals surface area contributed by atoms with Crippen molar-refractivity contribution in [2.75, 3.05) is 44.3 Å². The lowest BCUT2D eigenvalue weighted by atomic mass is 10.1. The standard InChI is InChI=1S/C25H35N5O3/c1-21(31)30-14-5-12-28(23-8-16-33-17-9-23)11-4-13-29(18-22-6-2-3-7-24(22)30)25(32)19-27-15-10-26-20-27/h2-3,6-7,10,15,20,23H,4-5,8-9,11-14,16-19H2,1H3. The summed E-state index contributed by atoms with van der Waals surface area (Å²) in [6.07, 6.45) is 9.11. The Bertz CT molecular complexity index is 911. The topological polar surface area (TPSA) is 70.9 Å². The maximum absolute atomic E-state index is 13.3. The zero-order chi connectivity index (χ0) is 23.0. The Morgan fingerprint density at radius 3 is 2.55 bits per heavy atom. The highest BCUT2D eigenvalue weighted by molar-refractivity contribution is 5.92. The number of nitrogens with zero attached hydrogens (tertiary/aromatic N) is 5. The van der Waals surface area contributed by atoms with Crippen molar-refractivity contribution in [3.8, 4) is 0 Å². The molecule has 178 valence electrons. The Labute approximate surface area is 196 Å². The van der Waals surface area contributed by atoms with Gasteiger partial charge in [-0.2, -0.15) is 0 Å². The Morgan fingerprint density at radius 2 is 1.82 bits per heavy atom. The number of carbonyl (C=O) groups excluding carboxylic acids is 2. The number of amides is 2. The van der Waals surface area contributed by atoms with Crippen LogP contribution >= 0.6 is 0 Å². The number of hydrogen-bond acceptors (Lipinski definition) is 5. The number of anilines is 1. The summed E-state index contributed by atoms with van der Waals surface area (Å²) in [5.41, 5.74) is 1.91. The summed E-state index contributed by atoms with van der Waals surface area (Å²) in [5, 5.41) is 0. The van der Waals surface area contributed by atoms with Gasteiger partial charge < -0.3 is 24.0 Å². The molecule has 1 fully saturated rings. The molecule has 0 aliphatic carbocycles. The molecule has 0 radical (unpaired) electrons. The molecule has 2 aliphatic rings. The third-order valence-electron chi connectivity index (χ3n) is 6.66. The van der Waals surface area contributed by atoms with Crippen LogP contribution in [0.25, 0.3) is 0 Å². The summed E-state index contributed by atoms with van der Waals surface area (Å²) >= 11 is 0. The lowest BCUT2D eigenvalue weighted by Gasteiger charge is -2.36. The van der Waals surface area contributed by atoms with E-state index in [9.17, 15) is 9.59 Å². The molecule has 1 aromatic heterocycles. The highest BCUT2D eigenvalue weighted by Gasteiger charge is 2.25. The normalized spacial score (nSPS) is 19.4. The third-order valence-corrected chi connectivity index (χ3v) is 6.66. The minimum atomic E-state index is 0.0356. The maximum Gasteiger partial charge on any atom is 0.242 e. The highest BCUT2D eigenvalue weighted by atomic mass is 16.5. The van der Waals surface area contributed by atoms with E-state index in [0.717, 1.165) is 63.2 Å². The molecule has 2 aromatic rings. The molecule has 8 nitrogen and oxygen atoms in total. The van der Waals surface area contributed by atoms with Crippen LogP contribution in [0.4, 0.5) is 5.69 Å². The first-order valence-electron chi connectivity index (χ1n) is 12.0. The van der Waals surface area contributed by atoms with Gasteiger partial charge in [0.25, 0.3) is 0 Å². The van der Waals surface area contributed by atoms with E-state index < -0.39 is 0 Å². The summed E-state index contributed by atoms with van der Waals surface area (Å²) in [6.45, 7) is 7.25. The van der Waals surface area contributed by atoms with Crippen LogP contribution in [0.5, 0.6) is 0 Å². The molecule has 8 heteroatoms. The fraction of sp³-hybridized carbons (Fsp3) is 0.560. The smallest absolute Gasteiger partial charge is 0.242 e. The van der Waals surface area contributed by atoms with Crippen LogP contribution in [0, 0.1) is 0 Å². The van der Waals surface area contributed by atoms with Crippen molar-refractivity contribution in [2.45, 2.75) is 51.7 Å². The summed E-state index contributed by atoms with van der Waals surface area (Å²) in [7, 11) is 0. The molecule has 2 amide bonds. The number of rotatable bonds is 3. The first kappa shape index (κ1) is 23.4. The van der Waals surface area contributed by atoms with Gasteiger partial charge in [-0.1, -0.05) is 18.2 Å². The molecule has 3 heterocycles. The van der Waals surface area contributed by atoms with Gasteiger partial charge in [0.1, 0.15) is 6.54 Å². The quantitative estimate of drug-likeness (QED) is 0.714.